The van der Waals surface area contributed by atoms with E-state index in [0.717, 1.165) is 18.5 Å². The van der Waals surface area contributed by atoms with Crippen molar-refractivity contribution >= 4 is 5.91 Å². The average Bonchev–Trinajstić information content (AvgIpc) is 2.92. The molecule has 0 aliphatic carbocycles. The van der Waals surface area contributed by atoms with Crippen LogP contribution in [-0.2, 0) is 29.2 Å². The molecule has 0 fully saturated rings. The lowest BCUT2D eigenvalue weighted by Gasteiger charge is -2.24. The normalized spacial score (nSPS) is 17.6. The third kappa shape index (κ3) is 3.99. The number of amides is 1. The van der Waals surface area contributed by atoms with Crippen molar-refractivity contribution in [3.05, 3.63) is 54.1 Å². The highest BCUT2D eigenvalue weighted by atomic mass is 16.5. The first kappa shape index (κ1) is 15.7. The number of hydrogen-bond donors (Lipinski definition) is 0. The molecule has 0 saturated heterocycles. The monoisotopic (exact) mass is 313 g/mol. The second-order valence-electron chi connectivity index (χ2n) is 5.96. The summed E-state index contributed by atoms with van der Waals surface area (Å²) in [5, 5.41) is 0. The van der Waals surface area contributed by atoms with Crippen LogP contribution >= 0.6 is 0 Å². The molecular weight excluding hydrogens is 290 g/mol. The maximum Gasteiger partial charge on any atom is 0.222 e. The van der Waals surface area contributed by atoms with Crippen LogP contribution in [0.2, 0.25) is 0 Å². The molecule has 3 rings (SSSR count). The van der Waals surface area contributed by atoms with E-state index >= 15 is 0 Å². The van der Waals surface area contributed by atoms with Gasteiger partial charge in [0.1, 0.15) is 0 Å². The van der Waals surface area contributed by atoms with Crippen molar-refractivity contribution in [3.63, 3.8) is 0 Å². The Kier molecular flexibility index (Phi) is 5.08. The van der Waals surface area contributed by atoms with Gasteiger partial charge in [0.2, 0.25) is 5.91 Å². The van der Waals surface area contributed by atoms with E-state index in [4.69, 9.17) is 4.74 Å². The molecule has 1 aliphatic rings. The smallest absolute Gasteiger partial charge is 0.222 e. The quantitative estimate of drug-likeness (QED) is 0.852. The summed E-state index contributed by atoms with van der Waals surface area (Å²) in [5.74, 6) is 0.208. The molecule has 2 aromatic heterocycles. The largest absolute Gasteiger partial charge is 0.370 e. The van der Waals surface area contributed by atoms with E-state index in [0.29, 0.717) is 26.1 Å². The Morgan fingerprint density at radius 3 is 2.91 bits per heavy atom. The minimum Gasteiger partial charge on any atom is -0.370 e. The number of fused-ring (bicyclic) bond motifs is 1. The lowest BCUT2D eigenvalue weighted by atomic mass is 10.2. The highest BCUT2D eigenvalue weighted by Crippen LogP contribution is 2.17. The van der Waals surface area contributed by atoms with Crippen LogP contribution < -0.4 is 0 Å². The predicted octanol–water partition coefficient (Wildman–Crippen LogP) is 2.61. The van der Waals surface area contributed by atoms with Crippen molar-refractivity contribution in [2.45, 2.75) is 45.6 Å². The van der Waals surface area contributed by atoms with Crippen molar-refractivity contribution in [1.29, 1.82) is 0 Å². The zero-order chi connectivity index (χ0) is 16.1. The van der Waals surface area contributed by atoms with Gasteiger partial charge < -0.3 is 14.2 Å². The maximum absolute atomic E-state index is 12.4. The molecular formula is C18H23N3O2. The topological polar surface area (TPSA) is 47.4 Å². The number of carbonyl (C=O) groups excluding carboxylic acids is 1. The van der Waals surface area contributed by atoms with E-state index in [2.05, 4.69) is 21.8 Å². The van der Waals surface area contributed by atoms with E-state index in [-0.39, 0.29) is 12.0 Å². The highest BCUT2D eigenvalue weighted by Gasteiger charge is 2.24. The van der Waals surface area contributed by atoms with Crippen LogP contribution in [0.15, 0.2) is 42.9 Å². The van der Waals surface area contributed by atoms with Gasteiger partial charge in [-0.15, -0.1) is 0 Å². The summed E-state index contributed by atoms with van der Waals surface area (Å²) in [6, 6.07) is 8.02. The van der Waals surface area contributed by atoms with E-state index in [1.165, 1.54) is 5.69 Å². The Labute approximate surface area is 136 Å². The number of hydrogen-bond acceptors (Lipinski definition) is 3. The van der Waals surface area contributed by atoms with E-state index in [1.54, 1.807) is 12.4 Å². The molecule has 0 radical (unpaired) electrons. The number of aromatic nitrogens is 2. The molecule has 5 heteroatoms. The Balaban J connectivity index is 1.70. The molecule has 0 spiro atoms. The van der Waals surface area contributed by atoms with Crippen LogP contribution in [0.3, 0.4) is 0 Å². The first-order valence-electron chi connectivity index (χ1n) is 8.18. The Morgan fingerprint density at radius 2 is 2.13 bits per heavy atom. The summed E-state index contributed by atoms with van der Waals surface area (Å²) in [6.07, 6.45) is 7.07. The number of rotatable bonds is 5. The van der Waals surface area contributed by atoms with Crippen LogP contribution in [0.4, 0.5) is 0 Å². The molecule has 2 aromatic rings. The SMILES string of the molecule is CCCC(=O)N1Cc2cccn2CC(OCc2ccncc2)C1. The van der Waals surface area contributed by atoms with Gasteiger partial charge in [0, 0.05) is 37.3 Å². The molecule has 3 heterocycles. The molecule has 1 amide bonds. The van der Waals surface area contributed by atoms with Crippen LogP contribution in [0.25, 0.3) is 0 Å². The van der Waals surface area contributed by atoms with Crippen LogP contribution in [0.5, 0.6) is 0 Å². The van der Waals surface area contributed by atoms with Crippen molar-refractivity contribution in [1.82, 2.24) is 14.5 Å². The number of nitrogens with zero attached hydrogens (tertiary/aromatic N) is 3. The van der Waals surface area contributed by atoms with Gasteiger partial charge in [-0.1, -0.05) is 6.92 Å². The minimum atomic E-state index is -0.00220. The van der Waals surface area contributed by atoms with Crippen LogP contribution in [-0.4, -0.2) is 33.0 Å². The predicted molar refractivity (Wildman–Crippen MR) is 87.6 cm³/mol. The molecule has 1 atom stereocenters. The van der Waals surface area contributed by atoms with Crippen molar-refractivity contribution < 1.29 is 9.53 Å². The standard InChI is InChI=1S/C18H23N3O2/c1-2-4-18(22)21-11-16-5-3-10-20(16)12-17(13-21)23-14-15-6-8-19-9-7-15/h3,5-10,17H,2,4,11-14H2,1H3. The number of pyridine rings is 1. The zero-order valence-electron chi connectivity index (χ0n) is 13.5. The van der Waals surface area contributed by atoms with Gasteiger partial charge in [0.25, 0.3) is 0 Å². The molecule has 1 unspecified atom stereocenters. The second-order valence-corrected chi connectivity index (χ2v) is 5.96. The minimum absolute atomic E-state index is 0.00220. The second kappa shape index (κ2) is 7.42. The van der Waals surface area contributed by atoms with Gasteiger partial charge in [-0.05, 0) is 36.2 Å². The van der Waals surface area contributed by atoms with E-state index < -0.39 is 0 Å². The Morgan fingerprint density at radius 1 is 1.30 bits per heavy atom. The molecule has 0 saturated carbocycles. The van der Waals surface area contributed by atoms with Gasteiger partial charge in [-0.2, -0.15) is 0 Å². The number of ether oxygens (including phenoxy) is 1. The summed E-state index contributed by atoms with van der Waals surface area (Å²) in [4.78, 5) is 18.3. The molecule has 1 aliphatic heterocycles. The summed E-state index contributed by atoms with van der Waals surface area (Å²) in [7, 11) is 0. The van der Waals surface area contributed by atoms with E-state index in [1.807, 2.05) is 30.0 Å². The van der Waals surface area contributed by atoms with Gasteiger partial charge in [-0.3, -0.25) is 9.78 Å². The maximum atomic E-state index is 12.4. The summed E-state index contributed by atoms with van der Waals surface area (Å²) >= 11 is 0. The van der Waals surface area contributed by atoms with Crippen molar-refractivity contribution in [2.75, 3.05) is 6.54 Å². The van der Waals surface area contributed by atoms with Crippen LogP contribution in [0, 0.1) is 0 Å². The van der Waals surface area contributed by atoms with Gasteiger partial charge >= 0.3 is 0 Å². The zero-order valence-corrected chi connectivity index (χ0v) is 13.5. The first-order chi connectivity index (χ1) is 11.3. The Hall–Kier alpha value is -2.14. The molecule has 5 nitrogen and oxygen atoms in total. The average molecular weight is 313 g/mol. The third-order valence-electron chi connectivity index (χ3n) is 4.15. The Bertz CT molecular complexity index is 639. The highest BCUT2D eigenvalue weighted by molar-refractivity contribution is 5.76. The third-order valence-corrected chi connectivity index (χ3v) is 4.15. The van der Waals surface area contributed by atoms with Crippen molar-refractivity contribution in [3.8, 4) is 0 Å². The summed E-state index contributed by atoms with van der Waals surface area (Å²) in [6.45, 7) is 4.67. The lowest BCUT2D eigenvalue weighted by Crippen LogP contribution is -2.37. The molecule has 122 valence electrons. The van der Waals surface area contributed by atoms with Gasteiger partial charge in [-0.25, -0.2) is 0 Å². The fourth-order valence-electron chi connectivity index (χ4n) is 2.91. The van der Waals surface area contributed by atoms with Crippen molar-refractivity contribution in [2.24, 2.45) is 0 Å². The summed E-state index contributed by atoms with van der Waals surface area (Å²) < 4.78 is 8.28. The lowest BCUT2D eigenvalue weighted by molar-refractivity contribution is -0.133. The molecule has 23 heavy (non-hydrogen) atoms. The molecule has 0 bridgehead atoms. The first-order valence-corrected chi connectivity index (χ1v) is 8.18. The van der Waals surface area contributed by atoms with Crippen LogP contribution in [0.1, 0.15) is 31.0 Å². The van der Waals surface area contributed by atoms with E-state index in [9.17, 15) is 4.79 Å². The molecule has 0 aromatic carbocycles. The molecule has 0 N–H and O–H groups in total. The van der Waals surface area contributed by atoms with Gasteiger partial charge in [0.15, 0.2) is 0 Å². The van der Waals surface area contributed by atoms with Gasteiger partial charge in [0.05, 0.1) is 25.8 Å². The fourth-order valence-corrected chi connectivity index (χ4v) is 2.91. The fraction of sp³-hybridized carbons (Fsp3) is 0.444. The number of carbonyl (C=O) groups is 1. The summed E-state index contributed by atoms with van der Waals surface area (Å²) in [5.41, 5.74) is 2.27.